The molecule has 2 aromatic carbocycles. The number of fused-ring (bicyclic) bond motifs is 1. The first-order valence-electron chi connectivity index (χ1n) is 16.5. The van der Waals surface area contributed by atoms with Crippen LogP contribution in [0.15, 0.2) is 54.7 Å². The first-order valence-corrected chi connectivity index (χ1v) is 16.9. The van der Waals surface area contributed by atoms with Crippen molar-refractivity contribution in [3.8, 4) is 34.0 Å². The average Bonchev–Trinajstić information content (AvgIpc) is 3.55. The minimum atomic E-state index is -4.77. The second-order valence-electron chi connectivity index (χ2n) is 12.6. The van der Waals surface area contributed by atoms with E-state index >= 15 is 0 Å². The van der Waals surface area contributed by atoms with Gasteiger partial charge in [0.1, 0.15) is 11.6 Å². The molecular formula is C37H35ClF3N5O6. The number of carboxylic acid groups (broad SMARTS) is 1. The third kappa shape index (κ3) is 7.47. The maximum absolute atomic E-state index is 14.1. The molecule has 3 N–H and O–H groups in total. The lowest BCUT2D eigenvalue weighted by atomic mass is 9.83. The van der Waals surface area contributed by atoms with Crippen molar-refractivity contribution in [3.05, 3.63) is 87.6 Å². The lowest BCUT2D eigenvalue weighted by Crippen LogP contribution is -2.41. The fraction of sp³-hybridized carbons (Fsp3) is 0.324. The van der Waals surface area contributed by atoms with Gasteiger partial charge in [0.05, 0.1) is 48.6 Å². The van der Waals surface area contributed by atoms with E-state index in [1.165, 1.54) is 19.1 Å². The highest BCUT2D eigenvalue weighted by Gasteiger charge is 2.37. The highest BCUT2D eigenvalue weighted by Crippen LogP contribution is 2.44. The number of pyridine rings is 2. The molecule has 1 aliphatic heterocycles. The summed E-state index contributed by atoms with van der Waals surface area (Å²) < 4.78 is 53.0. The molecule has 0 spiro atoms. The summed E-state index contributed by atoms with van der Waals surface area (Å²) in [5.41, 5.74) is 3.50. The lowest BCUT2D eigenvalue weighted by Gasteiger charge is -2.30. The van der Waals surface area contributed by atoms with Crippen LogP contribution in [0.25, 0.3) is 22.4 Å². The predicted molar refractivity (Wildman–Crippen MR) is 187 cm³/mol. The van der Waals surface area contributed by atoms with E-state index in [4.69, 9.17) is 21.1 Å². The molecule has 1 fully saturated rings. The Labute approximate surface area is 302 Å². The highest BCUT2D eigenvalue weighted by molar-refractivity contribution is 6.35. The van der Waals surface area contributed by atoms with Gasteiger partial charge >= 0.3 is 12.3 Å². The smallest absolute Gasteiger partial charge is 0.419 e. The Kier molecular flexibility index (Phi) is 10.6. The van der Waals surface area contributed by atoms with Gasteiger partial charge in [-0.05, 0) is 60.6 Å². The van der Waals surface area contributed by atoms with E-state index in [0.29, 0.717) is 65.3 Å². The number of carbonyl (C=O) groups excluding carboxylic acids is 2. The van der Waals surface area contributed by atoms with Crippen LogP contribution < -0.4 is 20.1 Å². The third-order valence-electron chi connectivity index (χ3n) is 9.36. The van der Waals surface area contributed by atoms with Crippen LogP contribution in [0.2, 0.25) is 5.02 Å². The highest BCUT2D eigenvalue weighted by atomic mass is 35.5. The Bertz CT molecular complexity index is 2030. The number of hydrogen-bond donors (Lipinski definition) is 3. The Balaban J connectivity index is 1.31. The van der Waals surface area contributed by atoms with E-state index in [0.717, 1.165) is 22.8 Å². The number of hydrogen-bond acceptors (Lipinski definition) is 8. The molecule has 2 amide bonds. The molecule has 4 aromatic rings. The number of ether oxygens (including phenoxy) is 2. The Hall–Kier alpha value is -5.37. The van der Waals surface area contributed by atoms with Crippen molar-refractivity contribution >= 4 is 35.7 Å². The summed E-state index contributed by atoms with van der Waals surface area (Å²) in [7, 11) is 2.72. The molecule has 6 rings (SSSR count). The lowest BCUT2D eigenvalue weighted by molar-refractivity contribution is -0.137. The number of nitrogens with zero attached hydrogens (tertiary/aromatic N) is 3. The van der Waals surface area contributed by atoms with Crippen LogP contribution >= 0.6 is 11.6 Å². The fourth-order valence-corrected chi connectivity index (χ4v) is 7.20. The Morgan fingerprint density at radius 2 is 1.92 bits per heavy atom. The molecule has 0 unspecified atom stereocenters. The number of anilines is 1. The number of methoxy groups -OCH3 is 2. The number of halogens is 4. The Morgan fingerprint density at radius 1 is 1.12 bits per heavy atom. The predicted octanol–water partition coefficient (Wildman–Crippen LogP) is 7.56. The molecule has 1 saturated heterocycles. The van der Waals surface area contributed by atoms with Crippen molar-refractivity contribution in [2.45, 2.75) is 56.9 Å². The molecule has 15 heteroatoms. The van der Waals surface area contributed by atoms with Crippen molar-refractivity contribution in [1.82, 2.24) is 20.2 Å². The number of alkyl halides is 3. The van der Waals surface area contributed by atoms with Crippen molar-refractivity contribution in [2.75, 3.05) is 26.1 Å². The standard InChI is InChI=1S/C37H35ClF3N5O6/c1-51-30-16-20(9-10-21(30)17-46(36(49)50)18-23-11-12-31(48)43-23)33-32(38)27(13-14-42-33)25-5-3-7-26-24(25)6-4-8-29(26)44-34-28(37(39,40)41)15-22(19-47)35(45-34)52-2/h3,5,7,9-10,13-16,19,23,29H,4,6,8,11-12,17-18H2,1-2H3,(H,43,48)(H,44,45)(H,49,50)/t23-,29-/m0/s1. The number of aldehydes is 1. The molecule has 0 saturated carbocycles. The van der Waals surface area contributed by atoms with Crippen molar-refractivity contribution in [1.29, 1.82) is 0 Å². The van der Waals surface area contributed by atoms with Crippen LogP contribution in [0.4, 0.5) is 23.8 Å². The molecule has 2 aliphatic rings. The Morgan fingerprint density at radius 3 is 2.60 bits per heavy atom. The van der Waals surface area contributed by atoms with Gasteiger partial charge in [0.25, 0.3) is 0 Å². The van der Waals surface area contributed by atoms with E-state index in [1.807, 2.05) is 18.2 Å². The molecule has 2 aromatic heterocycles. The van der Waals surface area contributed by atoms with E-state index in [2.05, 4.69) is 20.6 Å². The zero-order valence-corrected chi connectivity index (χ0v) is 29.0. The van der Waals surface area contributed by atoms with Gasteiger partial charge in [0, 0.05) is 41.9 Å². The van der Waals surface area contributed by atoms with Crippen LogP contribution in [0.1, 0.15) is 64.3 Å². The van der Waals surface area contributed by atoms with Gasteiger partial charge in [-0.1, -0.05) is 41.9 Å². The van der Waals surface area contributed by atoms with Crippen LogP contribution in [-0.4, -0.2) is 65.1 Å². The van der Waals surface area contributed by atoms with Crippen LogP contribution in [0.5, 0.6) is 11.6 Å². The van der Waals surface area contributed by atoms with Gasteiger partial charge in [0.2, 0.25) is 11.8 Å². The van der Waals surface area contributed by atoms with E-state index in [1.54, 1.807) is 30.5 Å². The van der Waals surface area contributed by atoms with E-state index in [-0.39, 0.29) is 42.8 Å². The first kappa shape index (κ1) is 36.4. The number of amides is 2. The number of rotatable bonds is 11. The molecule has 272 valence electrons. The maximum atomic E-state index is 14.1. The molecular weight excluding hydrogens is 703 g/mol. The third-order valence-corrected chi connectivity index (χ3v) is 9.74. The molecule has 2 atom stereocenters. The molecule has 3 heterocycles. The van der Waals surface area contributed by atoms with E-state index in [9.17, 15) is 32.7 Å². The van der Waals surface area contributed by atoms with Gasteiger partial charge in [0.15, 0.2) is 6.29 Å². The summed E-state index contributed by atoms with van der Waals surface area (Å²) in [6, 6.07) is 12.6. The zero-order chi connectivity index (χ0) is 37.2. The van der Waals surface area contributed by atoms with Crippen molar-refractivity contribution in [3.63, 3.8) is 0 Å². The average molecular weight is 738 g/mol. The molecule has 1 aliphatic carbocycles. The largest absolute Gasteiger partial charge is 0.496 e. The summed E-state index contributed by atoms with van der Waals surface area (Å²) in [5, 5.41) is 16.0. The maximum Gasteiger partial charge on any atom is 0.419 e. The van der Waals surface area contributed by atoms with E-state index < -0.39 is 29.7 Å². The van der Waals surface area contributed by atoms with Gasteiger partial charge in [-0.25, -0.2) is 4.79 Å². The summed E-state index contributed by atoms with van der Waals surface area (Å²) in [4.78, 5) is 45.0. The normalized spacial score (nSPS) is 16.8. The first-order chi connectivity index (χ1) is 24.9. The minimum Gasteiger partial charge on any atom is -0.496 e. The zero-order valence-electron chi connectivity index (χ0n) is 28.2. The summed E-state index contributed by atoms with van der Waals surface area (Å²) >= 11 is 7.07. The minimum absolute atomic E-state index is 0.0334. The van der Waals surface area contributed by atoms with Gasteiger partial charge in [-0.15, -0.1) is 0 Å². The van der Waals surface area contributed by atoms with Crippen molar-refractivity contribution < 1.29 is 42.1 Å². The second-order valence-corrected chi connectivity index (χ2v) is 13.0. The van der Waals surface area contributed by atoms with Gasteiger partial charge in [-0.2, -0.15) is 18.2 Å². The molecule has 52 heavy (non-hydrogen) atoms. The summed E-state index contributed by atoms with van der Waals surface area (Å²) in [6.07, 6.45) is -1.23. The SMILES string of the molecule is COc1cc(-c2nccc(-c3cccc4c3CCC[C@@H]4Nc3nc(OC)c(C=O)cc3C(F)(F)F)c2Cl)ccc1CN(C[C@@H]1CCC(=O)N1)C(=O)O. The second kappa shape index (κ2) is 15.1. The number of aromatic nitrogens is 2. The monoisotopic (exact) mass is 737 g/mol. The summed E-state index contributed by atoms with van der Waals surface area (Å²) in [5.74, 6) is -0.319. The quantitative estimate of drug-likeness (QED) is 0.133. The molecule has 0 radical (unpaired) electrons. The van der Waals surface area contributed by atoms with Gasteiger partial charge in [-0.3, -0.25) is 14.6 Å². The van der Waals surface area contributed by atoms with Crippen molar-refractivity contribution in [2.24, 2.45) is 0 Å². The number of nitrogens with one attached hydrogen (secondary N) is 2. The fourth-order valence-electron chi connectivity index (χ4n) is 6.87. The van der Waals surface area contributed by atoms with Gasteiger partial charge < -0.3 is 30.1 Å². The van der Waals surface area contributed by atoms with Crippen LogP contribution in [-0.2, 0) is 23.9 Å². The van der Waals surface area contributed by atoms with Crippen LogP contribution in [0, 0.1) is 0 Å². The molecule has 0 bridgehead atoms. The number of carbonyl (C=O) groups is 3. The summed E-state index contributed by atoms with van der Waals surface area (Å²) in [6.45, 7) is 0.172. The number of benzene rings is 2. The van der Waals surface area contributed by atoms with Crippen LogP contribution in [0.3, 0.4) is 0 Å². The topological polar surface area (TPSA) is 143 Å². The molecule has 11 nitrogen and oxygen atoms in total.